The van der Waals surface area contributed by atoms with Crippen LogP contribution in [0.2, 0.25) is 0 Å². The van der Waals surface area contributed by atoms with Crippen LogP contribution in [0.1, 0.15) is 29.7 Å². The number of rotatable bonds is 4. The van der Waals surface area contributed by atoms with E-state index in [9.17, 15) is 0 Å². The Kier molecular flexibility index (Phi) is 3.94. The van der Waals surface area contributed by atoms with Crippen LogP contribution in [-0.2, 0) is 6.42 Å². The van der Waals surface area contributed by atoms with E-state index < -0.39 is 0 Å². The van der Waals surface area contributed by atoms with Crippen molar-refractivity contribution in [1.82, 2.24) is 5.32 Å². The first kappa shape index (κ1) is 15.1. The lowest BCUT2D eigenvalue weighted by Crippen LogP contribution is -2.30. The van der Waals surface area contributed by atoms with Crippen LogP contribution >= 0.6 is 0 Å². The lowest BCUT2D eigenvalue weighted by molar-refractivity contribution is 0.174. The molecule has 5 heteroatoms. The minimum atomic E-state index is 0.104. The molecule has 0 fully saturated rings. The molecular formula is C19H21NO4. The Morgan fingerprint density at radius 2 is 2.00 bits per heavy atom. The first-order valence-corrected chi connectivity index (χ1v) is 8.26. The minimum Gasteiger partial charge on any atom is -0.493 e. The van der Waals surface area contributed by atoms with Crippen molar-refractivity contribution in [3.63, 3.8) is 0 Å². The molecule has 5 nitrogen and oxygen atoms in total. The maximum Gasteiger partial charge on any atom is 0.231 e. The van der Waals surface area contributed by atoms with E-state index in [0.717, 1.165) is 41.5 Å². The highest BCUT2D eigenvalue weighted by Gasteiger charge is 2.25. The topological polar surface area (TPSA) is 49.0 Å². The largest absolute Gasteiger partial charge is 0.493 e. The fraction of sp³-hybridized carbons (Fsp3) is 0.368. The van der Waals surface area contributed by atoms with Crippen LogP contribution in [-0.4, -0.2) is 27.1 Å². The van der Waals surface area contributed by atoms with E-state index in [1.165, 1.54) is 11.1 Å². The zero-order valence-corrected chi connectivity index (χ0v) is 13.9. The van der Waals surface area contributed by atoms with Crippen LogP contribution < -0.4 is 24.3 Å². The SMILES string of the molecule is CCOc1cc2c(cc1OC)C(c1ccc3c(c1)OCO3)NCC2. The number of methoxy groups -OCH3 is 1. The van der Waals surface area contributed by atoms with E-state index in [4.69, 9.17) is 18.9 Å². The summed E-state index contributed by atoms with van der Waals surface area (Å²) in [4.78, 5) is 0. The Labute approximate surface area is 141 Å². The second kappa shape index (κ2) is 6.24. The lowest BCUT2D eigenvalue weighted by Gasteiger charge is -2.28. The fourth-order valence-corrected chi connectivity index (χ4v) is 3.38. The van der Waals surface area contributed by atoms with E-state index >= 15 is 0 Å². The second-order valence-electron chi connectivity index (χ2n) is 5.88. The molecule has 4 rings (SSSR count). The number of hydrogen-bond donors (Lipinski definition) is 1. The van der Waals surface area contributed by atoms with Gasteiger partial charge in [0.2, 0.25) is 6.79 Å². The van der Waals surface area contributed by atoms with Gasteiger partial charge in [-0.25, -0.2) is 0 Å². The average molecular weight is 327 g/mol. The van der Waals surface area contributed by atoms with Crippen LogP contribution in [0, 0.1) is 0 Å². The molecule has 2 aliphatic rings. The smallest absolute Gasteiger partial charge is 0.231 e. The van der Waals surface area contributed by atoms with Crippen molar-refractivity contribution in [2.75, 3.05) is 27.1 Å². The Morgan fingerprint density at radius 3 is 2.83 bits per heavy atom. The van der Waals surface area contributed by atoms with Crippen LogP contribution in [0.25, 0.3) is 0 Å². The van der Waals surface area contributed by atoms with E-state index in [-0.39, 0.29) is 6.04 Å². The van der Waals surface area contributed by atoms with Gasteiger partial charge in [0.1, 0.15) is 0 Å². The Morgan fingerprint density at radius 1 is 1.12 bits per heavy atom. The molecule has 0 saturated heterocycles. The fourth-order valence-electron chi connectivity index (χ4n) is 3.38. The van der Waals surface area contributed by atoms with E-state index in [0.29, 0.717) is 13.4 Å². The molecule has 2 aromatic rings. The summed E-state index contributed by atoms with van der Waals surface area (Å²) in [5.74, 6) is 3.19. The van der Waals surface area contributed by atoms with Gasteiger partial charge in [0.25, 0.3) is 0 Å². The molecule has 0 radical (unpaired) electrons. The maximum absolute atomic E-state index is 5.71. The van der Waals surface area contributed by atoms with Crippen LogP contribution in [0.3, 0.4) is 0 Å². The highest BCUT2D eigenvalue weighted by Crippen LogP contribution is 2.40. The van der Waals surface area contributed by atoms with Gasteiger partial charge in [0.05, 0.1) is 19.8 Å². The molecule has 2 heterocycles. The molecule has 0 aliphatic carbocycles. The van der Waals surface area contributed by atoms with Gasteiger partial charge in [-0.05, 0) is 54.3 Å². The number of ether oxygens (including phenoxy) is 4. The number of benzene rings is 2. The maximum atomic E-state index is 5.71. The number of fused-ring (bicyclic) bond motifs is 2. The summed E-state index contributed by atoms with van der Waals surface area (Å²) in [5, 5.41) is 3.59. The second-order valence-corrected chi connectivity index (χ2v) is 5.88. The van der Waals surface area contributed by atoms with E-state index in [1.54, 1.807) is 7.11 Å². The van der Waals surface area contributed by atoms with Gasteiger partial charge in [0, 0.05) is 6.54 Å². The van der Waals surface area contributed by atoms with Crippen LogP contribution in [0.4, 0.5) is 0 Å². The zero-order valence-electron chi connectivity index (χ0n) is 13.9. The van der Waals surface area contributed by atoms with Gasteiger partial charge in [-0.2, -0.15) is 0 Å². The van der Waals surface area contributed by atoms with Crippen LogP contribution in [0.5, 0.6) is 23.0 Å². The molecule has 1 atom stereocenters. The van der Waals surface area contributed by atoms with Gasteiger partial charge in [-0.1, -0.05) is 6.07 Å². The molecule has 0 bridgehead atoms. The third-order valence-electron chi connectivity index (χ3n) is 4.51. The predicted molar refractivity (Wildman–Crippen MR) is 90.3 cm³/mol. The molecule has 2 aliphatic heterocycles. The average Bonchev–Trinajstić information content (AvgIpc) is 3.08. The van der Waals surface area contributed by atoms with Gasteiger partial charge in [-0.3, -0.25) is 0 Å². The summed E-state index contributed by atoms with van der Waals surface area (Å²) in [7, 11) is 1.68. The van der Waals surface area contributed by atoms with Gasteiger partial charge < -0.3 is 24.3 Å². The Balaban J connectivity index is 1.75. The molecule has 0 amide bonds. The van der Waals surface area contributed by atoms with Crippen molar-refractivity contribution in [2.45, 2.75) is 19.4 Å². The van der Waals surface area contributed by atoms with Crippen LogP contribution in [0.15, 0.2) is 30.3 Å². The summed E-state index contributed by atoms with van der Waals surface area (Å²) in [6.45, 7) is 3.82. The normalized spacial score (nSPS) is 18.2. The molecule has 0 spiro atoms. The van der Waals surface area contributed by atoms with Crippen molar-refractivity contribution in [2.24, 2.45) is 0 Å². The van der Waals surface area contributed by atoms with Gasteiger partial charge >= 0.3 is 0 Å². The predicted octanol–water partition coefficient (Wildman–Crippen LogP) is 3.06. The third-order valence-corrected chi connectivity index (χ3v) is 4.51. The Hall–Kier alpha value is -2.40. The van der Waals surface area contributed by atoms with Crippen molar-refractivity contribution in [3.8, 4) is 23.0 Å². The molecule has 1 N–H and O–H groups in total. The standard InChI is InChI=1S/C19H21NO4/c1-3-22-18-8-12-6-7-20-19(14(12)10-16(18)21-2)13-4-5-15-17(9-13)24-11-23-15/h4-5,8-10,19-20H,3,6-7,11H2,1-2H3. The highest BCUT2D eigenvalue weighted by molar-refractivity contribution is 5.53. The van der Waals surface area contributed by atoms with Gasteiger partial charge in [-0.15, -0.1) is 0 Å². The first-order valence-electron chi connectivity index (χ1n) is 8.26. The molecule has 1 unspecified atom stereocenters. The van der Waals surface area contributed by atoms with Crippen molar-refractivity contribution >= 4 is 0 Å². The summed E-state index contributed by atoms with van der Waals surface area (Å²) in [5.41, 5.74) is 3.67. The lowest BCUT2D eigenvalue weighted by atomic mass is 9.89. The molecule has 2 aromatic carbocycles. The van der Waals surface area contributed by atoms with Gasteiger partial charge in [0.15, 0.2) is 23.0 Å². The molecule has 24 heavy (non-hydrogen) atoms. The Bertz CT molecular complexity index is 759. The summed E-state index contributed by atoms with van der Waals surface area (Å²) in [6, 6.07) is 10.4. The molecular weight excluding hydrogens is 306 g/mol. The van der Waals surface area contributed by atoms with Crippen molar-refractivity contribution in [1.29, 1.82) is 0 Å². The summed E-state index contributed by atoms with van der Waals surface area (Å²) in [6.07, 6.45) is 0.973. The van der Waals surface area contributed by atoms with E-state index in [2.05, 4.69) is 29.6 Å². The van der Waals surface area contributed by atoms with Crippen molar-refractivity contribution in [3.05, 3.63) is 47.0 Å². The summed E-state index contributed by atoms with van der Waals surface area (Å²) < 4.78 is 22.2. The molecule has 0 aromatic heterocycles. The quantitative estimate of drug-likeness (QED) is 0.935. The molecule has 0 saturated carbocycles. The first-order chi connectivity index (χ1) is 11.8. The monoisotopic (exact) mass is 327 g/mol. The molecule has 126 valence electrons. The van der Waals surface area contributed by atoms with E-state index in [1.807, 2.05) is 13.0 Å². The number of nitrogens with one attached hydrogen (secondary N) is 1. The third kappa shape index (κ3) is 2.55. The van der Waals surface area contributed by atoms with Crippen molar-refractivity contribution < 1.29 is 18.9 Å². The minimum absolute atomic E-state index is 0.104. The number of hydrogen-bond acceptors (Lipinski definition) is 5. The summed E-state index contributed by atoms with van der Waals surface area (Å²) >= 11 is 0. The zero-order chi connectivity index (χ0) is 16.5. The highest BCUT2D eigenvalue weighted by atomic mass is 16.7.